The van der Waals surface area contributed by atoms with E-state index in [2.05, 4.69) is 20.7 Å². The number of amides is 1. The molecule has 0 fully saturated rings. The van der Waals surface area contributed by atoms with Crippen LogP contribution in [0.1, 0.15) is 10.4 Å². The van der Waals surface area contributed by atoms with Crippen LogP contribution in [-0.4, -0.2) is 32.6 Å². The van der Waals surface area contributed by atoms with E-state index in [1.165, 1.54) is 11.8 Å². The van der Waals surface area contributed by atoms with Crippen LogP contribution in [0.15, 0.2) is 76.3 Å². The van der Waals surface area contributed by atoms with Crippen molar-refractivity contribution >= 4 is 46.8 Å². The molecule has 0 bridgehead atoms. The van der Waals surface area contributed by atoms with Crippen LogP contribution in [0.4, 0.5) is 0 Å². The number of halogens is 1. The highest BCUT2D eigenvalue weighted by atomic mass is 35.5. The van der Waals surface area contributed by atoms with Crippen molar-refractivity contribution in [2.45, 2.75) is 12.1 Å². The third-order valence-electron chi connectivity index (χ3n) is 4.28. The van der Waals surface area contributed by atoms with Crippen LogP contribution in [0.3, 0.4) is 0 Å². The first-order chi connectivity index (χ1) is 15.1. The van der Waals surface area contributed by atoms with Crippen molar-refractivity contribution in [2.75, 3.05) is 5.75 Å². The summed E-state index contributed by atoms with van der Waals surface area (Å²) in [7, 11) is 0. The number of hydrogen-bond donors (Lipinski definition) is 1. The number of carbonyl (C=O) groups excluding carboxylic acids is 1. The second kappa shape index (κ2) is 9.91. The zero-order chi connectivity index (χ0) is 21.6. The van der Waals surface area contributed by atoms with Crippen molar-refractivity contribution in [3.05, 3.63) is 81.5 Å². The maximum absolute atomic E-state index is 12.2. The van der Waals surface area contributed by atoms with Crippen molar-refractivity contribution in [3.8, 4) is 17.1 Å². The fourth-order valence-electron chi connectivity index (χ4n) is 2.77. The highest BCUT2D eigenvalue weighted by Crippen LogP contribution is 2.28. The van der Waals surface area contributed by atoms with Gasteiger partial charge in [-0.3, -0.25) is 9.36 Å². The number of aryl methyl sites for hydroxylation is 1. The maximum Gasteiger partial charge on any atom is 0.250 e. The number of nitrogens with one attached hydrogen (secondary N) is 1. The number of carbonyl (C=O) groups is 1. The van der Waals surface area contributed by atoms with Gasteiger partial charge in [-0.05, 0) is 42.6 Å². The minimum Gasteiger partial charge on any atom is -0.272 e. The molecule has 4 aromatic rings. The Morgan fingerprint density at radius 3 is 2.65 bits per heavy atom. The quantitative estimate of drug-likeness (QED) is 0.230. The molecule has 6 nitrogen and oxygen atoms in total. The standard InChI is InChI=1S/C22H18ClN5OS2/c1-15-4-6-16(7-5-15)21-26-27-22(28(21)18-10-8-17(23)9-11-18)31-14-20(29)25-24-13-19-3-2-12-30-19/h2-13H,14H2,1H3,(H,25,29). The molecule has 0 atom stereocenters. The molecular formula is C22H18ClN5OS2. The lowest BCUT2D eigenvalue weighted by Gasteiger charge is -2.10. The van der Waals surface area contributed by atoms with Crippen LogP contribution >= 0.6 is 34.7 Å². The number of nitrogens with zero attached hydrogens (tertiary/aromatic N) is 4. The van der Waals surface area contributed by atoms with Gasteiger partial charge >= 0.3 is 0 Å². The summed E-state index contributed by atoms with van der Waals surface area (Å²) < 4.78 is 1.92. The third-order valence-corrected chi connectivity index (χ3v) is 6.27. The number of benzene rings is 2. The van der Waals surface area contributed by atoms with Gasteiger partial charge in [-0.2, -0.15) is 5.10 Å². The molecule has 0 saturated heterocycles. The van der Waals surface area contributed by atoms with Crippen molar-refractivity contribution in [1.29, 1.82) is 0 Å². The Labute approximate surface area is 193 Å². The molecule has 0 spiro atoms. The Hall–Kier alpha value is -2.94. The van der Waals surface area contributed by atoms with Crippen LogP contribution in [0.5, 0.6) is 0 Å². The number of hydrogen-bond acceptors (Lipinski definition) is 6. The highest BCUT2D eigenvalue weighted by molar-refractivity contribution is 7.99. The summed E-state index contributed by atoms with van der Waals surface area (Å²) in [5.41, 5.74) is 5.51. The SMILES string of the molecule is Cc1ccc(-c2nnc(SCC(=O)NN=Cc3cccs3)n2-c2ccc(Cl)cc2)cc1. The lowest BCUT2D eigenvalue weighted by molar-refractivity contribution is -0.118. The first kappa shape index (κ1) is 21.3. The second-order valence-electron chi connectivity index (χ2n) is 6.58. The molecule has 0 unspecified atom stereocenters. The summed E-state index contributed by atoms with van der Waals surface area (Å²) >= 11 is 8.91. The van der Waals surface area contributed by atoms with Crippen LogP contribution in [0.25, 0.3) is 17.1 Å². The molecule has 1 amide bonds. The molecule has 4 rings (SSSR count). The van der Waals surface area contributed by atoms with Crippen molar-refractivity contribution < 1.29 is 4.79 Å². The first-order valence-electron chi connectivity index (χ1n) is 9.37. The van der Waals surface area contributed by atoms with E-state index in [9.17, 15) is 4.79 Å². The van der Waals surface area contributed by atoms with Gasteiger partial charge in [-0.1, -0.05) is 59.3 Å². The summed E-state index contributed by atoms with van der Waals surface area (Å²) in [4.78, 5) is 13.2. The Balaban J connectivity index is 1.54. The van der Waals surface area contributed by atoms with Crippen molar-refractivity contribution in [2.24, 2.45) is 5.10 Å². The van der Waals surface area contributed by atoms with E-state index in [4.69, 9.17) is 11.6 Å². The number of hydrazone groups is 1. The average Bonchev–Trinajstić information content (AvgIpc) is 3.43. The van der Waals surface area contributed by atoms with Crippen molar-refractivity contribution in [1.82, 2.24) is 20.2 Å². The van der Waals surface area contributed by atoms with Gasteiger partial charge in [-0.15, -0.1) is 21.5 Å². The van der Waals surface area contributed by atoms with Crippen LogP contribution < -0.4 is 5.43 Å². The van der Waals surface area contributed by atoms with Crippen LogP contribution in [-0.2, 0) is 4.79 Å². The Morgan fingerprint density at radius 1 is 1.16 bits per heavy atom. The Bertz CT molecular complexity index is 1190. The molecular weight excluding hydrogens is 450 g/mol. The van der Waals surface area contributed by atoms with E-state index < -0.39 is 0 Å². The van der Waals surface area contributed by atoms with E-state index in [0.717, 1.165) is 21.7 Å². The molecule has 0 aliphatic carbocycles. The van der Waals surface area contributed by atoms with Gasteiger partial charge in [0.25, 0.3) is 5.91 Å². The highest BCUT2D eigenvalue weighted by Gasteiger charge is 2.17. The van der Waals surface area contributed by atoms with Gasteiger partial charge in [0.15, 0.2) is 11.0 Å². The van der Waals surface area contributed by atoms with Gasteiger partial charge in [0.2, 0.25) is 0 Å². The molecule has 0 radical (unpaired) electrons. The molecule has 2 aromatic heterocycles. The van der Waals surface area contributed by atoms with Gasteiger partial charge in [0, 0.05) is 21.2 Å². The number of thioether (sulfide) groups is 1. The van der Waals surface area contributed by atoms with Gasteiger partial charge in [0.1, 0.15) is 0 Å². The predicted octanol–water partition coefficient (Wildman–Crippen LogP) is 5.20. The molecule has 0 saturated carbocycles. The van der Waals surface area contributed by atoms with Crippen molar-refractivity contribution in [3.63, 3.8) is 0 Å². The summed E-state index contributed by atoms with van der Waals surface area (Å²) in [6, 6.07) is 19.4. The Kier molecular flexibility index (Phi) is 6.81. The lowest BCUT2D eigenvalue weighted by Crippen LogP contribution is -2.19. The Morgan fingerprint density at radius 2 is 1.94 bits per heavy atom. The van der Waals surface area contributed by atoms with E-state index in [-0.39, 0.29) is 11.7 Å². The second-order valence-corrected chi connectivity index (χ2v) is 8.94. The van der Waals surface area contributed by atoms with Gasteiger partial charge in [0.05, 0.1) is 12.0 Å². The van der Waals surface area contributed by atoms with E-state index in [1.807, 2.05) is 77.5 Å². The monoisotopic (exact) mass is 467 g/mol. The minimum absolute atomic E-state index is 0.154. The molecule has 2 aromatic carbocycles. The first-order valence-corrected chi connectivity index (χ1v) is 11.6. The third kappa shape index (κ3) is 5.41. The molecule has 156 valence electrons. The van der Waals surface area contributed by atoms with Gasteiger partial charge < -0.3 is 0 Å². The average molecular weight is 468 g/mol. The molecule has 1 N–H and O–H groups in total. The molecule has 31 heavy (non-hydrogen) atoms. The number of thiophene rings is 1. The van der Waals surface area contributed by atoms with E-state index >= 15 is 0 Å². The fourth-order valence-corrected chi connectivity index (χ4v) is 4.23. The molecule has 9 heteroatoms. The number of rotatable bonds is 7. The van der Waals surface area contributed by atoms with E-state index in [1.54, 1.807) is 17.6 Å². The summed E-state index contributed by atoms with van der Waals surface area (Å²) in [6.07, 6.45) is 1.62. The van der Waals surface area contributed by atoms with Crippen LogP contribution in [0.2, 0.25) is 5.02 Å². The zero-order valence-electron chi connectivity index (χ0n) is 16.5. The zero-order valence-corrected chi connectivity index (χ0v) is 18.9. The van der Waals surface area contributed by atoms with Gasteiger partial charge in [-0.25, -0.2) is 5.43 Å². The maximum atomic E-state index is 12.2. The van der Waals surface area contributed by atoms with Crippen LogP contribution in [0, 0.1) is 6.92 Å². The molecule has 0 aliphatic heterocycles. The normalized spacial score (nSPS) is 11.2. The van der Waals surface area contributed by atoms with E-state index in [0.29, 0.717) is 16.0 Å². The molecule has 2 heterocycles. The predicted molar refractivity (Wildman–Crippen MR) is 127 cm³/mol. The lowest BCUT2D eigenvalue weighted by atomic mass is 10.1. The summed E-state index contributed by atoms with van der Waals surface area (Å²) in [5, 5.41) is 15.9. The fraction of sp³-hybridized carbons (Fsp3) is 0.0909. The smallest absolute Gasteiger partial charge is 0.250 e. The minimum atomic E-state index is -0.222. The largest absolute Gasteiger partial charge is 0.272 e. The summed E-state index contributed by atoms with van der Waals surface area (Å²) in [5.74, 6) is 0.628. The number of aromatic nitrogens is 3. The topological polar surface area (TPSA) is 72.2 Å². The molecule has 0 aliphatic rings. The summed E-state index contributed by atoms with van der Waals surface area (Å²) in [6.45, 7) is 2.04.